The molecule has 4 nitrogen and oxygen atoms in total. The van der Waals surface area contributed by atoms with E-state index in [2.05, 4.69) is 75.1 Å². The minimum absolute atomic E-state index is 0.0746. The molecular weight excluding hydrogens is 406 g/mol. The highest BCUT2D eigenvalue weighted by atomic mass is 16.3. The van der Waals surface area contributed by atoms with Gasteiger partial charge < -0.3 is 5.11 Å². The number of aromatic nitrogens is 3. The van der Waals surface area contributed by atoms with Crippen molar-refractivity contribution >= 4 is 11.0 Å². The van der Waals surface area contributed by atoms with E-state index in [1.54, 1.807) is 4.80 Å². The zero-order chi connectivity index (χ0) is 23.6. The van der Waals surface area contributed by atoms with E-state index in [-0.39, 0.29) is 11.2 Å². The molecule has 0 radical (unpaired) electrons. The van der Waals surface area contributed by atoms with E-state index in [0.717, 1.165) is 23.0 Å². The molecule has 1 aromatic heterocycles. The van der Waals surface area contributed by atoms with Crippen molar-refractivity contribution in [2.24, 2.45) is 0 Å². The molecule has 1 N–H and O–H groups in total. The average molecular weight is 442 g/mol. The Morgan fingerprint density at radius 1 is 0.788 bits per heavy atom. The predicted molar refractivity (Wildman–Crippen MR) is 136 cm³/mol. The second kappa shape index (κ2) is 9.01. The third-order valence-corrected chi connectivity index (χ3v) is 6.91. The van der Waals surface area contributed by atoms with Gasteiger partial charge >= 0.3 is 0 Å². The van der Waals surface area contributed by atoms with E-state index >= 15 is 0 Å². The molecule has 33 heavy (non-hydrogen) atoms. The molecule has 4 rings (SSSR count). The zero-order valence-corrected chi connectivity index (χ0v) is 20.5. The van der Waals surface area contributed by atoms with Crippen LogP contribution in [0.5, 0.6) is 5.75 Å². The normalized spacial score (nSPS) is 12.4. The maximum Gasteiger partial charge on any atom is 0.147 e. The molecule has 0 aliphatic heterocycles. The van der Waals surface area contributed by atoms with Gasteiger partial charge in [0.05, 0.1) is 0 Å². The highest BCUT2D eigenvalue weighted by Gasteiger charge is 2.35. The Morgan fingerprint density at radius 3 is 2.00 bits per heavy atom. The highest BCUT2D eigenvalue weighted by molar-refractivity contribution is 5.74. The smallest absolute Gasteiger partial charge is 0.147 e. The fraction of sp³-hybridized carbons (Fsp3) is 0.379. The summed E-state index contributed by atoms with van der Waals surface area (Å²) >= 11 is 0. The molecule has 4 heteroatoms. The summed E-state index contributed by atoms with van der Waals surface area (Å²) in [6.45, 7) is 11.2. The second-order valence-electron chi connectivity index (χ2n) is 10.2. The van der Waals surface area contributed by atoms with Gasteiger partial charge in [-0.3, -0.25) is 0 Å². The van der Waals surface area contributed by atoms with Crippen LogP contribution < -0.4 is 0 Å². The van der Waals surface area contributed by atoms with E-state index in [4.69, 9.17) is 0 Å². The molecule has 0 spiro atoms. The van der Waals surface area contributed by atoms with Crippen LogP contribution in [0.3, 0.4) is 0 Å². The van der Waals surface area contributed by atoms with Crippen molar-refractivity contribution in [1.82, 2.24) is 15.0 Å². The van der Waals surface area contributed by atoms with Gasteiger partial charge in [-0.1, -0.05) is 102 Å². The SMILES string of the molecule is CCCCCC(C)(C)c1ccc(-n2nc3ccccc3n2)c(O)c1C(C)(C)c1ccccc1. The van der Waals surface area contributed by atoms with Crippen LogP contribution in [0.4, 0.5) is 0 Å². The molecule has 0 amide bonds. The average Bonchev–Trinajstić information content (AvgIpc) is 3.23. The van der Waals surface area contributed by atoms with Crippen LogP contribution in [-0.2, 0) is 10.8 Å². The van der Waals surface area contributed by atoms with Crippen LogP contribution in [0.15, 0.2) is 66.7 Å². The number of aromatic hydroxyl groups is 1. The number of benzene rings is 3. The molecule has 0 bridgehead atoms. The number of rotatable bonds is 8. The van der Waals surface area contributed by atoms with Crippen LogP contribution in [0, 0.1) is 0 Å². The number of nitrogens with zero attached hydrogens (tertiary/aromatic N) is 3. The summed E-state index contributed by atoms with van der Waals surface area (Å²) in [5.41, 5.74) is 5.06. The maximum absolute atomic E-state index is 11.8. The van der Waals surface area contributed by atoms with Gasteiger partial charge in [-0.15, -0.1) is 15.0 Å². The van der Waals surface area contributed by atoms with E-state index in [1.165, 1.54) is 30.4 Å². The first-order valence-corrected chi connectivity index (χ1v) is 12.0. The molecule has 0 aliphatic rings. The lowest BCUT2D eigenvalue weighted by atomic mass is 9.68. The number of phenolic OH excluding ortho intramolecular Hbond substituents is 1. The monoisotopic (exact) mass is 441 g/mol. The molecule has 0 fully saturated rings. The van der Waals surface area contributed by atoms with Crippen molar-refractivity contribution in [1.29, 1.82) is 0 Å². The van der Waals surface area contributed by atoms with E-state index in [1.807, 2.05) is 36.4 Å². The summed E-state index contributed by atoms with van der Waals surface area (Å²) in [7, 11) is 0. The quantitative estimate of drug-likeness (QED) is 0.292. The Morgan fingerprint density at radius 2 is 1.39 bits per heavy atom. The van der Waals surface area contributed by atoms with Crippen LogP contribution in [-0.4, -0.2) is 20.1 Å². The van der Waals surface area contributed by atoms with Crippen LogP contribution in [0.2, 0.25) is 0 Å². The van der Waals surface area contributed by atoms with Gasteiger partial charge in [0, 0.05) is 11.0 Å². The first kappa shape index (κ1) is 23.0. The first-order chi connectivity index (χ1) is 15.8. The fourth-order valence-electron chi connectivity index (χ4n) is 4.86. The molecule has 3 aromatic carbocycles. The molecule has 0 atom stereocenters. The van der Waals surface area contributed by atoms with Gasteiger partial charge in [-0.05, 0) is 41.2 Å². The van der Waals surface area contributed by atoms with Crippen molar-refractivity contribution < 1.29 is 5.11 Å². The number of unbranched alkanes of at least 4 members (excludes halogenated alkanes) is 2. The molecule has 1 heterocycles. The third-order valence-electron chi connectivity index (χ3n) is 6.91. The molecule has 4 aromatic rings. The molecule has 0 unspecified atom stereocenters. The number of hydrogen-bond donors (Lipinski definition) is 1. The summed E-state index contributed by atoms with van der Waals surface area (Å²) in [5, 5.41) is 21.1. The summed E-state index contributed by atoms with van der Waals surface area (Å²) in [5.74, 6) is 0.255. The zero-order valence-electron chi connectivity index (χ0n) is 20.5. The lowest BCUT2D eigenvalue weighted by Gasteiger charge is -2.36. The van der Waals surface area contributed by atoms with Crippen LogP contribution in [0.1, 0.15) is 77.0 Å². The summed E-state index contributed by atoms with van der Waals surface area (Å²) in [6.07, 6.45) is 4.65. The Labute approximate surface area is 197 Å². The highest BCUT2D eigenvalue weighted by Crippen LogP contribution is 2.46. The van der Waals surface area contributed by atoms with Crippen LogP contribution in [0.25, 0.3) is 16.7 Å². The van der Waals surface area contributed by atoms with Gasteiger partial charge in [0.2, 0.25) is 0 Å². The minimum atomic E-state index is -0.398. The Bertz CT molecular complexity index is 1210. The number of hydrogen-bond acceptors (Lipinski definition) is 3. The first-order valence-electron chi connectivity index (χ1n) is 12.0. The molecule has 0 saturated heterocycles. The summed E-state index contributed by atoms with van der Waals surface area (Å²) in [6, 6.07) is 22.4. The lowest BCUT2D eigenvalue weighted by molar-refractivity contribution is 0.414. The van der Waals surface area contributed by atoms with Crippen LogP contribution >= 0.6 is 0 Å². The number of fused-ring (bicyclic) bond motifs is 1. The molecule has 0 aliphatic carbocycles. The van der Waals surface area contributed by atoms with E-state index < -0.39 is 5.41 Å². The Hall–Kier alpha value is -3.14. The number of phenols is 1. The van der Waals surface area contributed by atoms with Crippen molar-refractivity contribution in [3.63, 3.8) is 0 Å². The van der Waals surface area contributed by atoms with Gasteiger partial charge in [-0.2, -0.15) is 0 Å². The van der Waals surface area contributed by atoms with E-state index in [0.29, 0.717) is 5.69 Å². The Balaban J connectivity index is 1.92. The molecule has 0 saturated carbocycles. The third kappa shape index (κ3) is 4.39. The van der Waals surface area contributed by atoms with Crippen molar-refractivity contribution in [2.45, 2.75) is 71.1 Å². The van der Waals surface area contributed by atoms with Crippen molar-refractivity contribution in [2.75, 3.05) is 0 Å². The maximum atomic E-state index is 11.8. The van der Waals surface area contributed by atoms with Crippen molar-refractivity contribution in [3.8, 4) is 11.4 Å². The van der Waals surface area contributed by atoms with Gasteiger partial charge in [0.15, 0.2) is 0 Å². The predicted octanol–water partition coefficient (Wildman–Crippen LogP) is 7.31. The second-order valence-corrected chi connectivity index (χ2v) is 10.2. The molecular formula is C29H35N3O. The fourth-order valence-corrected chi connectivity index (χ4v) is 4.86. The van der Waals surface area contributed by atoms with Gasteiger partial charge in [0.1, 0.15) is 22.5 Å². The van der Waals surface area contributed by atoms with Gasteiger partial charge in [0.25, 0.3) is 0 Å². The lowest BCUT2D eigenvalue weighted by Crippen LogP contribution is -2.28. The standard InChI is InChI=1S/C29H35N3O/c1-6-7-13-20-28(2,3)22-18-19-25(32-30-23-16-11-12-17-24(23)31-32)27(33)26(22)29(4,5)21-14-9-8-10-15-21/h8-12,14-19,33H,6-7,13,20H2,1-5H3. The topological polar surface area (TPSA) is 50.9 Å². The largest absolute Gasteiger partial charge is 0.505 e. The molecule has 172 valence electrons. The van der Waals surface area contributed by atoms with E-state index in [9.17, 15) is 5.11 Å². The summed E-state index contributed by atoms with van der Waals surface area (Å²) in [4.78, 5) is 1.57. The van der Waals surface area contributed by atoms with Gasteiger partial charge in [-0.25, -0.2) is 0 Å². The van der Waals surface area contributed by atoms with Crippen molar-refractivity contribution in [3.05, 3.63) is 83.4 Å². The Kier molecular flexibility index (Phi) is 6.29. The minimum Gasteiger partial charge on any atom is -0.505 e. The summed E-state index contributed by atoms with van der Waals surface area (Å²) < 4.78 is 0.